The van der Waals surface area contributed by atoms with Crippen molar-refractivity contribution < 1.29 is 29.3 Å². The Hall–Kier alpha value is -3.78. The number of hydrogen-bond donors (Lipinski definition) is 1. The van der Waals surface area contributed by atoms with Crippen molar-refractivity contribution in [2.24, 2.45) is 0 Å². The van der Waals surface area contributed by atoms with E-state index < -0.39 is 49.6 Å². The first-order valence-electron chi connectivity index (χ1n) is 5.69. The van der Waals surface area contributed by atoms with E-state index >= 15 is 0 Å². The Kier molecular flexibility index (Phi) is 4.01. The van der Waals surface area contributed by atoms with Crippen molar-refractivity contribution in [1.29, 1.82) is 0 Å². The Morgan fingerprint density at radius 3 is 2.43 bits per heavy atom. The van der Waals surface area contributed by atoms with Gasteiger partial charge in [-0.2, -0.15) is 0 Å². The molecule has 23 heavy (non-hydrogen) atoms. The van der Waals surface area contributed by atoms with Crippen molar-refractivity contribution in [3.63, 3.8) is 0 Å². The summed E-state index contributed by atoms with van der Waals surface area (Å²) in [6.45, 7) is -0.771. The maximum atomic E-state index is 11.6. The summed E-state index contributed by atoms with van der Waals surface area (Å²) in [6.07, 6.45) is 0. The van der Waals surface area contributed by atoms with Gasteiger partial charge in [-0.1, -0.05) is 0 Å². The zero-order chi connectivity index (χ0) is 17.1. The van der Waals surface area contributed by atoms with Gasteiger partial charge in [-0.3, -0.25) is 24.9 Å². The molecule has 0 aliphatic heterocycles. The molecule has 122 valence electrons. The van der Waals surface area contributed by atoms with Gasteiger partial charge in [0, 0.05) is 6.54 Å². The van der Waals surface area contributed by atoms with Gasteiger partial charge in [0.15, 0.2) is 5.69 Å². The maximum absolute atomic E-state index is 11.6. The molecule has 0 fully saturated rings. The largest absolute Gasteiger partial charge is 0.374 e. The average molecular weight is 330 g/mol. The molecule has 1 N–H and O–H groups in total. The highest BCUT2D eigenvalue weighted by Crippen LogP contribution is 2.36. The van der Waals surface area contributed by atoms with Crippen LogP contribution in [0.5, 0.6) is 0 Å². The summed E-state index contributed by atoms with van der Waals surface area (Å²) in [5, 5.41) is 48.0. The highest BCUT2D eigenvalue weighted by atomic mass is 16.9. The van der Waals surface area contributed by atoms with E-state index in [-0.39, 0.29) is 11.4 Å². The number of nitro groups is 2. The lowest BCUT2D eigenvalue weighted by molar-refractivity contribution is -0.782. The third kappa shape index (κ3) is 2.96. The van der Waals surface area contributed by atoms with Crippen molar-refractivity contribution in [1.82, 2.24) is 5.16 Å². The second kappa shape index (κ2) is 5.92. The second-order valence-corrected chi connectivity index (χ2v) is 3.91. The molecule has 0 saturated carbocycles. The van der Waals surface area contributed by atoms with Crippen LogP contribution in [0.3, 0.4) is 0 Å². The predicted molar refractivity (Wildman–Crippen MR) is 67.7 cm³/mol. The summed E-state index contributed by atoms with van der Waals surface area (Å²) in [7, 11) is 0. The number of fused-ring (bicyclic) bond motifs is 1. The fraction of sp³-hybridized carbons (Fsp3) is 0.250. The van der Waals surface area contributed by atoms with Gasteiger partial charge in [-0.05, 0) is 4.90 Å². The van der Waals surface area contributed by atoms with Crippen LogP contribution in [0.25, 0.3) is 11.0 Å². The van der Waals surface area contributed by atoms with Crippen LogP contribution in [0.2, 0.25) is 0 Å². The van der Waals surface area contributed by atoms with Crippen molar-refractivity contribution in [3.05, 3.63) is 41.6 Å². The molecular formula is C8H6N6O9. The molecule has 1 aromatic heterocycles. The molecule has 0 radical (unpaired) electrons. The molecule has 0 aliphatic carbocycles. The van der Waals surface area contributed by atoms with Crippen LogP contribution >= 0.6 is 0 Å². The summed E-state index contributed by atoms with van der Waals surface area (Å²) in [6, 6.07) is 0.599. The molecule has 1 aromatic carbocycles. The number of nitrogens with one attached hydrogen (secondary N) is 1. The molecule has 0 spiro atoms. The Balaban J connectivity index is 2.52. The summed E-state index contributed by atoms with van der Waals surface area (Å²) in [5.41, 5.74) is -3.10. The van der Waals surface area contributed by atoms with Crippen molar-refractivity contribution >= 4 is 28.1 Å². The average Bonchev–Trinajstić information content (AvgIpc) is 2.84. The lowest BCUT2D eigenvalue weighted by Crippen LogP contribution is -2.25. The number of non-ortho nitro benzene ring substituents is 1. The van der Waals surface area contributed by atoms with E-state index in [2.05, 4.69) is 19.9 Å². The molecule has 15 nitrogen and oxygen atoms in total. The number of anilines is 1. The number of hydrogen-bond acceptors (Lipinski definition) is 11. The summed E-state index contributed by atoms with van der Waals surface area (Å²) >= 11 is 0. The number of nitro benzene ring substituents is 2. The molecule has 0 saturated heterocycles. The standard InChI is InChI=1S/C8H6N6O9/c15-11(16)4-3-5(12(17)18)7-8(13(19)23-10-7)6(4)9-1-2-22-14(20)21/h3,9H,1-2H2. The van der Waals surface area contributed by atoms with Gasteiger partial charge in [0.05, 0.1) is 15.0 Å². The SMILES string of the molecule is O=[N+]([O-])OCCNc1c([N+](=O)[O-])cc([N+](=O)[O-])c2no[n+]([O-])c12. The van der Waals surface area contributed by atoms with Crippen LogP contribution in [0.15, 0.2) is 10.7 Å². The fourth-order valence-corrected chi connectivity index (χ4v) is 1.77. The summed E-state index contributed by atoms with van der Waals surface area (Å²) < 4.78 is 4.23. The molecular weight excluding hydrogens is 324 g/mol. The number of aromatic nitrogens is 2. The smallest absolute Gasteiger partial charge is 0.334 e. The second-order valence-electron chi connectivity index (χ2n) is 3.91. The minimum Gasteiger partial charge on any atom is -0.374 e. The van der Waals surface area contributed by atoms with Crippen LogP contribution in [-0.4, -0.2) is 33.2 Å². The Labute approximate surface area is 124 Å². The monoisotopic (exact) mass is 330 g/mol. The molecule has 2 rings (SSSR count). The molecule has 2 aromatic rings. The zero-order valence-electron chi connectivity index (χ0n) is 10.9. The molecule has 0 atom stereocenters. The van der Waals surface area contributed by atoms with E-state index in [0.717, 1.165) is 0 Å². The Bertz CT molecular complexity index is 801. The van der Waals surface area contributed by atoms with Crippen molar-refractivity contribution in [2.75, 3.05) is 18.5 Å². The van der Waals surface area contributed by atoms with Crippen LogP contribution in [-0.2, 0) is 4.84 Å². The molecule has 15 heteroatoms. The molecule has 1 heterocycles. The third-order valence-corrected chi connectivity index (χ3v) is 2.62. The first-order chi connectivity index (χ1) is 10.8. The van der Waals surface area contributed by atoms with Crippen LogP contribution < -0.4 is 10.2 Å². The van der Waals surface area contributed by atoms with Gasteiger partial charge >= 0.3 is 16.9 Å². The van der Waals surface area contributed by atoms with E-state index in [0.29, 0.717) is 6.07 Å². The first kappa shape index (κ1) is 15.6. The third-order valence-electron chi connectivity index (χ3n) is 2.62. The Morgan fingerprint density at radius 2 is 1.87 bits per heavy atom. The van der Waals surface area contributed by atoms with E-state index in [4.69, 9.17) is 0 Å². The summed E-state index contributed by atoms with van der Waals surface area (Å²) in [4.78, 5) is 33.8. The predicted octanol–water partition coefficient (Wildman–Crippen LogP) is -0.102. The topological polar surface area (TPSA) is 204 Å². The van der Waals surface area contributed by atoms with Gasteiger partial charge in [-0.15, -0.1) is 10.1 Å². The van der Waals surface area contributed by atoms with Gasteiger partial charge < -0.3 is 15.4 Å². The minimum absolute atomic E-state index is 0.244. The highest BCUT2D eigenvalue weighted by molar-refractivity contribution is 5.96. The summed E-state index contributed by atoms with van der Waals surface area (Å²) in [5.74, 6) is 0. The van der Waals surface area contributed by atoms with Crippen molar-refractivity contribution in [3.8, 4) is 0 Å². The lowest BCUT2D eigenvalue weighted by Gasteiger charge is -2.06. The quantitative estimate of drug-likeness (QED) is 0.307. The van der Waals surface area contributed by atoms with Crippen LogP contribution in [0, 0.1) is 35.6 Å². The number of rotatable bonds is 7. The highest BCUT2D eigenvalue weighted by Gasteiger charge is 2.34. The van der Waals surface area contributed by atoms with Crippen LogP contribution in [0.1, 0.15) is 0 Å². The van der Waals surface area contributed by atoms with Crippen LogP contribution in [0.4, 0.5) is 17.1 Å². The molecule has 0 aliphatic rings. The first-order valence-corrected chi connectivity index (χ1v) is 5.69. The van der Waals surface area contributed by atoms with E-state index in [1.54, 1.807) is 0 Å². The van der Waals surface area contributed by atoms with Crippen molar-refractivity contribution in [2.45, 2.75) is 0 Å². The number of benzene rings is 1. The van der Waals surface area contributed by atoms with E-state index in [9.17, 15) is 35.6 Å². The zero-order valence-corrected chi connectivity index (χ0v) is 10.9. The molecule has 0 amide bonds. The van der Waals surface area contributed by atoms with Gasteiger partial charge in [0.2, 0.25) is 0 Å². The van der Waals surface area contributed by atoms with E-state index in [1.807, 2.05) is 0 Å². The van der Waals surface area contributed by atoms with Gasteiger partial charge in [0.25, 0.3) is 10.6 Å². The van der Waals surface area contributed by atoms with Gasteiger partial charge in [0.1, 0.15) is 12.7 Å². The molecule has 0 unspecified atom stereocenters. The molecule has 0 bridgehead atoms. The minimum atomic E-state index is -1.07. The Morgan fingerprint density at radius 1 is 1.22 bits per heavy atom. The normalized spacial score (nSPS) is 10.4. The van der Waals surface area contributed by atoms with Gasteiger partial charge in [-0.25, -0.2) is 0 Å². The maximum Gasteiger partial charge on any atom is 0.334 e. The fourth-order valence-electron chi connectivity index (χ4n) is 1.77. The number of nitrogens with zero attached hydrogens (tertiary/aromatic N) is 5. The lowest BCUT2D eigenvalue weighted by atomic mass is 10.2. The van der Waals surface area contributed by atoms with E-state index in [1.165, 1.54) is 0 Å².